The number of benzene rings is 1. The number of nitro benzene ring substituents is 1. The monoisotopic (exact) mass is 398 g/mol. The van der Waals surface area contributed by atoms with Crippen LogP contribution in [0.4, 0.5) is 5.69 Å². The first-order valence-electron chi connectivity index (χ1n) is 7.24. The van der Waals surface area contributed by atoms with Gasteiger partial charge in [-0.3, -0.25) is 14.5 Å². The molecule has 0 spiro atoms. The molecule has 0 aliphatic heterocycles. The van der Waals surface area contributed by atoms with E-state index in [0.29, 0.717) is 33.2 Å². The molecular formula is C15H12Cl2N4O3S. The SMILES string of the molecule is O=[N+]([O-])c1ccc(OCCCSc2nnc3c(Cl)cc(Cl)cn23)cc1. The van der Waals surface area contributed by atoms with Crippen LogP contribution in [0.25, 0.3) is 5.65 Å². The molecule has 0 unspecified atom stereocenters. The van der Waals surface area contributed by atoms with Gasteiger partial charge in [-0.1, -0.05) is 35.0 Å². The summed E-state index contributed by atoms with van der Waals surface area (Å²) >= 11 is 13.6. The molecule has 130 valence electrons. The van der Waals surface area contributed by atoms with E-state index in [-0.39, 0.29) is 5.69 Å². The number of nitrogens with zero attached hydrogens (tertiary/aromatic N) is 4. The van der Waals surface area contributed by atoms with Crippen molar-refractivity contribution in [1.82, 2.24) is 14.6 Å². The second-order valence-electron chi connectivity index (χ2n) is 4.98. The molecule has 0 saturated heterocycles. The molecule has 0 aliphatic rings. The Labute approximate surface area is 157 Å². The fourth-order valence-electron chi connectivity index (χ4n) is 2.08. The third kappa shape index (κ3) is 4.33. The van der Waals surface area contributed by atoms with Gasteiger partial charge in [-0.15, -0.1) is 10.2 Å². The predicted molar refractivity (Wildman–Crippen MR) is 96.9 cm³/mol. The average molecular weight is 399 g/mol. The minimum atomic E-state index is -0.443. The van der Waals surface area contributed by atoms with E-state index in [1.54, 1.807) is 28.8 Å². The van der Waals surface area contributed by atoms with Crippen molar-refractivity contribution in [2.45, 2.75) is 11.6 Å². The van der Waals surface area contributed by atoms with Gasteiger partial charge in [0.1, 0.15) is 5.75 Å². The molecule has 0 atom stereocenters. The van der Waals surface area contributed by atoms with E-state index in [4.69, 9.17) is 27.9 Å². The molecule has 0 fully saturated rings. The summed E-state index contributed by atoms with van der Waals surface area (Å²) < 4.78 is 7.32. The molecule has 25 heavy (non-hydrogen) atoms. The Morgan fingerprint density at radius 2 is 2.00 bits per heavy atom. The fourth-order valence-corrected chi connectivity index (χ4v) is 3.41. The van der Waals surface area contributed by atoms with E-state index in [0.717, 1.165) is 12.2 Å². The highest BCUT2D eigenvalue weighted by molar-refractivity contribution is 7.99. The van der Waals surface area contributed by atoms with Crippen molar-refractivity contribution < 1.29 is 9.66 Å². The minimum Gasteiger partial charge on any atom is -0.494 e. The van der Waals surface area contributed by atoms with Gasteiger partial charge in [-0.2, -0.15) is 0 Å². The largest absolute Gasteiger partial charge is 0.494 e. The third-order valence-corrected chi connectivity index (χ3v) is 4.75. The molecule has 0 bridgehead atoms. The maximum absolute atomic E-state index is 10.6. The first-order valence-corrected chi connectivity index (χ1v) is 8.98. The van der Waals surface area contributed by atoms with Gasteiger partial charge in [0.2, 0.25) is 0 Å². The van der Waals surface area contributed by atoms with Crippen LogP contribution in [-0.4, -0.2) is 31.9 Å². The highest BCUT2D eigenvalue weighted by Crippen LogP contribution is 2.25. The molecule has 3 aromatic rings. The quantitative estimate of drug-likeness (QED) is 0.252. The number of ether oxygens (including phenoxy) is 1. The Hall–Kier alpha value is -2.03. The second kappa shape index (κ2) is 7.90. The third-order valence-electron chi connectivity index (χ3n) is 3.23. The van der Waals surface area contributed by atoms with Crippen molar-refractivity contribution in [3.8, 4) is 5.75 Å². The second-order valence-corrected chi connectivity index (χ2v) is 6.89. The van der Waals surface area contributed by atoms with Crippen molar-refractivity contribution in [1.29, 1.82) is 0 Å². The van der Waals surface area contributed by atoms with Crippen LogP contribution in [0.3, 0.4) is 0 Å². The molecule has 0 radical (unpaired) electrons. The van der Waals surface area contributed by atoms with Gasteiger partial charge in [0.05, 0.1) is 21.6 Å². The van der Waals surface area contributed by atoms with E-state index in [9.17, 15) is 10.1 Å². The molecule has 0 saturated carbocycles. The van der Waals surface area contributed by atoms with Crippen molar-refractivity contribution >= 4 is 46.3 Å². The number of nitro groups is 1. The molecule has 7 nitrogen and oxygen atoms in total. The van der Waals surface area contributed by atoms with E-state index >= 15 is 0 Å². The lowest BCUT2D eigenvalue weighted by molar-refractivity contribution is -0.384. The molecule has 0 aliphatic carbocycles. The maximum Gasteiger partial charge on any atom is 0.269 e. The number of hydrogen-bond acceptors (Lipinski definition) is 6. The number of pyridine rings is 1. The summed E-state index contributed by atoms with van der Waals surface area (Å²) in [6, 6.07) is 7.63. The van der Waals surface area contributed by atoms with E-state index < -0.39 is 4.92 Å². The van der Waals surface area contributed by atoms with Crippen molar-refractivity contribution in [2.75, 3.05) is 12.4 Å². The molecule has 10 heteroatoms. The summed E-state index contributed by atoms with van der Waals surface area (Å²) in [6.07, 6.45) is 2.49. The van der Waals surface area contributed by atoms with Gasteiger partial charge in [0.15, 0.2) is 10.8 Å². The van der Waals surface area contributed by atoms with Crippen LogP contribution in [0.1, 0.15) is 6.42 Å². The topological polar surface area (TPSA) is 82.6 Å². The molecule has 2 aromatic heterocycles. The number of fused-ring (bicyclic) bond motifs is 1. The van der Waals surface area contributed by atoms with Crippen LogP contribution in [0.2, 0.25) is 10.0 Å². The fraction of sp³-hybridized carbons (Fsp3) is 0.200. The first kappa shape index (κ1) is 17.8. The molecule has 2 heterocycles. The van der Waals surface area contributed by atoms with E-state index in [2.05, 4.69) is 10.2 Å². The van der Waals surface area contributed by atoms with Crippen molar-refractivity contribution in [3.63, 3.8) is 0 Å². The molecule has 3 rings (SSSR count). The number of hydrogen-bond donors (Lipinski definition) is 0. The zero-order valence-electron chi connectivity index (χ0n) is 12.8. The molecule has 0 amide bonds. The first-order chi connectivity index (χ1) is 12.0. The van der Waals surface area contributed by atoms with Crippen LogP contribution in [-0.2, 0) is 0 Å². The summed E-state index contributed by atoms with van der Waals surface area (Å²) in [6.45, 7) is 0.489. The predicted octanol–water partition coefficient (Wildman–Crippen LogP) is 4.51. The summed E-state index contributed by atoms with van der Waals surface area (Å²) in [7, 11) is 0. The summed E-state index contributed by atoms with van der Waals surface area (Å²) in [5.74, 6) is 1.36. The summed E-state index contributed by atoms with van der Waals surface area (Å²) in [5, 5.41) is 20.4. The maximum atomic E-state index is 10.6. The average Bonchev–Trinajstić information content (AvgIpc) is 2.98. The Balaban J connectivity index is 1.50. The highest BCUT2D eigenvalue weighted by atomic mass is 35.5. The van der Waals surface area contributed by atoms with Gasteiger partial charge in [0, 0.05) is 24.1 Å². The normalized spacial score (nSPS) is 11.0. The van der Waals surface area contributed by atoms with Crippen LogP contribution in [0.15, 0.2) is 41.7 Å². The summed E-state index contributed by atoms with van der Waals surface area (Å²) in [5.41, 5.74) is 0.606. The number of thioether (sulfide) groups is 1. The lowest BCUT2D eigenvalue weighted by Gasteiger charge is -2.05. The van der Waals surface area contributed by atoms with Gasteiger partial charge in [-0.05, 0) is 24.6 Å². The standard InChI is InChI=1S/C15H12Cl2N4O3S/c16-10-8-13(17)14-18-19-15(20(14)9-10)25-7-1-6-24-12-4-2-11(3-5-12)21(22)23/h2-5,8-9H,1,6-7H2. The smallest absolute Gasteiger partial charge is 0.269 e. The van der Waals surface area contributed by atoms with E-state index in [1.807, 2.05) is 0 Å². The van der Waals surface area contributed by atoms with Gasteiger partial charge in [0.25, 0.3) is 5.69 Å². The Kier molecular flexibility index (Phi) is 5.62. The number of aromatic nitrogens is 3. The number of rotatable bonds is 7. The van der Waals surface area contributed by atoms with Crippen molar-refractivity contribution in [3.05, 3.63) is 56.7 Å². The Morgan fingerprint density at radius 1 is 1.24 bits per heavy atom. The van der Waals surface area contributed by atoms with Crippen LogP contribution in [0.5, 0.6) is 5.75 Å². The van der Waals surface area contributed by atoms with Gasteiger partial charge >= 0.3 is 0 Å². The number of halogens is 2. The van der Waals surface area contributed by atoms with Crippen LogP contribution < -0.4 is 4.74 Å². The minimum absolute atomic E-state index is 0.0407. The van der Waals surface area contributed by atoms with Gasteiger partial charge < -0.3 is 4.74 Å². The van der Waals surface area contributed by atoms with E-state index in [1.165, 1.54) is 23.9 Å². The van der Waals surface area contributed by atoms with Crippen molar-refractivity contribution in [2.24, 2.45) is 0 Å². The van der Waals surface area contributed by atoms with Crippen LogP contribution >= 0.6 is 35.0 Å². The lowest BCUT2D eigenvalue weighted by Crippen LogP contribution is -1.99. The molecular weight excluding hydrogens is 387 g/mol. The summed E-state index contributed by atoms with van der Waals surface area (Å²) in [4.78, 5) is 10.1. The molecule has 0 N–H and O–H groups in total. The van der Waals surface area contributed by atoms with Crippen LogP contribution in [0, 0.1) is 10.1 Å². The Bertz CT molecular complexity index is 902. The van der Waals surface area contributed by atoms with Gasteiger partial charge in [-0.25, -0.2) is 0 Å². The molecule has 1 aromatic carbocycles. The highest BCUT2D eigenvalue weighted by Gasteiger charge is 2.10. The lowest BCUT2D eigenvalue weighted by atomic mass is 10.3. The number of non-ortho nitro benzene ring substituents is 1. The zero-order chi connectivity index (χ0) is 17.8. The zero-order valence-corrected chi connectivity index (χ0v) is 15.1. The Morgan fingerprint density at radius 3 is 2.72 bits per heavy atom.